The van der Waals surface area contributed by atoms with Gasteiger partial charge >= 0.3 is 6.03 Å². The monoisotopic (exact) mass is 356 g/mol. The van der Waals surface area contributed by atoms with Crippen molar-refractivity contribution in [1.29, 1.82) is 0 Å². The number of amides is 2. The smallest absolute Gasteiger partial charge is 0.319 e. The van der Waals surface area contributed by atoms with Crippen LogP contribution >= 0.6 is 0 Å². The van der Waals surface area contributed by atoms with Crippen molar-refractivity contribution in [1.82, 2.24) is 5.32 Å². The zero-order chi connectivity index (χ0) is 19.3. The highest BCUT2D eigenvalue weighted by atomic mass is 16.5. The molecule has 0 heterocycles. The van der Waals surface area contributed by atoms with Crippen molar-refractivity contribution in [3.63, 3.8) is 0 Å². The van der Waals surface area contributed by atoms with Crippen LogP contribution in [0.15, 0.2) is 42.5 Å². The minimum Gasteiger partial charge on any atom is -0.493 e. The molecule has 0 aliphatic heterocycles. The lowest BCUT2D eigenvalue weighted by Crippen LogP contribution is -2.43. The zero-order valence-electron chi connectivity index (χ0n) is 15.7. The first-order chi connectivity index (χ1) is 12.3. The number of hydrogen-bond acceptors (Lipinski definition) is 4. The van der Waals surface area contributed by atoms with E-state index in [9.17, 15) is 9.59 Å². The van der Waals surface area contributed by atoms with Crippen LogP contribution in [0.25, 0.3) is 0 Å². The average molecular weight is 356 g/mol. The first-order valence-corrected chi connectivity index (χ1v) is 8.19. The first kappa shape index (κ1) is 19.3. The van der Waals surface area contributed by atoms with E-state index < -0.39 is 5.54 Å². The first-order valence-electron chi connectivity index (χ1n) is 8.19. The van der Waals surface area contributed by atoms with E-state index >= 15 is 0 Å². The summed E-state index contributed by atoms with van der Waals surface area (Å²) in [5.74, 6) is 1.21. The average Bonchev–Trinajstić information content (AvgIpc) is 2.60. The van der Waals surface area contributed by atoms with E-state index in [-0.39, 0.29) is 11.8 Å². The Bertz CT molecular complexity index is 798. The third kappa shape index (κ3) is 4.53. The van der Waals surface area contributed by atoms with Crippen molar-refractivity contribution in [3.8, 4) is 11.5 Å². The maximum absolute atomic E-state index is 12.4. The molecule has 0 saturated carbocycles. The van der Waals surface area contributed by atoms with Gasteiger partial charge in [0.05, 0.1) is 19.8 Å². The standard InChI is InChI=1S/C20H24N2O4/c1-13(23)14-6-9-16(10-7-14)21-19(24)22-20(2,3)15-8-11-17(25-4)18(12-15)26-5/h6-12H,1-5H3,(H2,21,22,24). The highest BCUT2D eigenvalue weighted by Gasteiger charge is 2.24. The molecule has 26 heavy (non-hydrogen) atoms. The Morgan fingerprint density at radius 1 is 0.923 bits per heavy atom. The van der Waals surface area contributed by atoms with Gasteiger partial charge in [-0.05, 0) is 62.7 Å². The largest absolute Gasteiger partial charge is 0.493 e. The van der Waals surface area contributed by atoms with Gasteiger partial charge in [0.1, 0.15) is 0 Å². The Hall–Kier alpha value is -3.02. The number of rotatable bonds is 6. The van der Waals surface area contributed by atoms with Crippen LogP contribution in [0.1, 0.15) is 36.7 Å². The van der Waals surface area contributed by atoms with E-state index in [1.807, 2.05) is 26.0 Å². The number of methoxy groups -OCH3 is 2. The van der Waals surface area contributed by atoms with Crippen molar-refractivity contribution < 1.29 is 19.1 Å². The van der Waals surface area contributed by atoms with Crippen molar-refractivity contribution in [2.75, 3.05) is 19.5 Å². The van der Waals surface area contributed by atoms with Crippen LogP contribution in [0.4, 0.5) is 10.5 Å². The molecule has 0 saturated heterocycles. The number of ether oxygens (including phenoxy) is 2. The minimum atomic E-state index is -0.636. The fraction of sp³-hybridized carbons (Fsp3) is 0.300. The van der Waals surface area contributed by atoms with Crippen LogP contribution in [0.2, 0.25) is 0 Å². The van der Waals surface area contributed by atoms with Gasteiger partial charge in [-0.2, -0.15) is 0 Å². The fourth-order valence-electron chi connectivity index (χ4n) is 2.53. The Morgan fingerprint density at radius 3 is 2.08 bits per heavy atom. The molecule has 0 aliphatic rings. The number of carbonyl (C=O) groups is 2. The molecule has 2 rings (SSSR count). The second-order valence-electron chi connectivity index (χ2n) is 6.41. The summed E-state index contributed by atoms with van der Waals surface area (Å²) >= 11 is 0. The molecule has 6 heteroatoms. The summed E-state index contributed by atoms with van der Waals surface area (Å²) < 4.78 is 10.6. The summed E-state index contributed by atoms with van der Waals surface area (Å²) in [6, 6.07) is 11.9. The molecular formula is C20H24N2O4. The van der Waals surface area contributed by atoms with E-state index in [4.69, 9.17) is 9.47 Å². The Morgan fingerprint density at radius 2 is 1.54 bits per heavy atom. The zero-order valence-corrected chi connectivity index (χ0v) is 15.7. The molecule has 0 radical (unpaired) electrons. The van der Waals surface area contributed by atoms with E-state index in [1.165, 1.54) is 6.92 Å². The van der Waals surface area contributed by atoms with Crippen LogP contribution in [0, 0.1) is 0 Å². The topological polar surface area (TPSA) is 76.7 Å². The normalized spacial score (nSPS) is 10.8. The van der Waals surface area contributed by atoms with Gasteiger partial charge in [0.2, 0.25) is 0 Å². The molecular weight excluding hydrogens is 332 g/mol. The Balaban J connectivity index is 2.10. The molecule has 0 aliphatic carbocycles. The maximum Gasteiger partial charge on any atom is 0.319 e. The molecule has 0 fully saturated rings. The summed E-state index contributed by atoms with van der Waals surface area (Å²) in [6.07, 6.45) is 0. The molecule has 2 amide bonds. The molecule has 2 aromatic carbocycles. The van der Waals surface area contributed by atoms with Crippen molar-refractivity contribution in [2.45, 2.75) is 26.3 Å². The summed E-state index contributed by atoms with van der Waals surface area (Å²) in [7, 11) is 3.14. The number of urea groups is 1. The summed E-state index contributed by atoms with van der Waals surface area (Å²) in [5.41, 5.74) is 1.44. The highest BCUT2D eigenvalue weighted by Crippen LogP contribution is 2.32. The molecule has 0 unspecified atom stereocenters. The molecule has 0 atom stereocenters. The molecule has 2 aromatic rings. The molecule has 0 aromatic heterocycles. The Labute approximate surface area is 153 Å². The maximum atomic E-state index is 12.4. The third-order valence-electron chi connectivity index (χ3n) is 4.08. The molecule has 138 valence electrons. The quantitative estimate of drug-likeness (QED) is 0.768. The third-order valence-corrected chi connectivity index (χ3v) is 4.08. The molecule has 2 N–H and O–H groups in total. The predicted molar refractivity (Wildman–Crippen MR) is 101 cm³/mol. The number of ketones is 1. The van der Waals surface area contributed by atoms with E-state index in [1.54, 1.807) is 44.6 Å². The van der Waals surface area contributed by atoms with E-state index in [0.717, 1.165) is 5.56 Å². The van der Waals surface area contributed by atoms with Crippen LogP contribution in [-0.4, -0.2) is 26.0 Å². The summed E-state index contributed by atoms with van der Waals surface area (Å²) in [4.78, 5) is 23.7. The predicted octanol–water partition coefficient (Wildman–Crippen LogP) is 3.96. The van der Waals surface area contributed by atoms with Gasteiger partial charge in [-0.15, -0.1) is 0 Å². The minimum absolute atomic E-state index is 0.0180. The van der Waals surface area contributed by atoms with Crippen molar-refractivity contribution in [3.05, 3.63) is 53.6 Å². The van der Waals surface area contributed by atoms with Crippen molar-refractivity contribution >= 4 is 17.5 Å². The highest BCUT2D eigenvalue weighted by molar-refractivity contribution is 5.95. The van der Waals surface area contributed by atoms with Crippen LogP contribution in [-0.2, 0) is 5.54 Å². The van der Waals surface area contributed by atoms with Crippen molar-refractivity contribution in [2.24, 2.45) is 0 Å². The fourth-order valence-corrected chi connectivity index (χ4v) is 2.53. The lowest BCUT2D eigenvalue weighted by atomic mass is 9.94. The van der Waals surface area contributed by atoms with Crippen LogP contribution in [0.5, 0.6) is 11.5 Å². The van der Waals surface area contributed by atoms with Gasteiger partial charge < -0.3 is 20.1 Å². The molecule has 0 bridgehead atoms. The van der Waals surface area contributed by atoms with E-state index in [2.05, 4.69) is 10.6 Å². The molecule has 0 spiro atoms. The Kier molecular flexibility index (Phi) is 5.87. The number of carbonyl (C=O) groups excluding carboxylic acids is 2. The lowest BCUT2D eigenvalue weighted by molar-refractivity contribution is 0.101. The van der Waals surface area contributed by atoms with Crippen LogP contribution in [0.3, 0.4) is 0 Å². The summed E-state index contributed by atoms with van der Waals surface area (Å²) in [6.45, 7) is 5.29. The SMILES string of the molecule is COc1ccc(C(C)(C)NC(=O)Nc2ccc(C(C)=O)cc2)cc1OC. The van der Waals surface area contributed by atoms with Gasteiger partial charge in [-0.25, -0.2) is 4.79 Å². The number of Topliss-reactive ketones (excluding diaryl/α,β-unsaturated/α-hetero) is 1. The van der Waals surface area contributed by atoms with Gasteiger partial charge in [-0.1, -0.05) is 6.07 Å². The second-order valence-corrected chi connectivity index (χ2v) is 6.41. The van der Waals surface area contributed by atoms with Gasteiger partial charge in [0.25, 0.3) is 0 Å². The number of benzene rings is 2. The second kappa shape index (κ2) is 7.91. The van der Waals surface area contributed by atoms with E-state index in [0.29, 0.717) is 22.7 Å². The van der Waals surface area contributed by atoms with Crippen LogP contribution < -0.4 is 20.1 Å². The molecule has 6 nitrogen and oxygen atoms in total. The van der Waals surface area contributed by atoms with Gasteiger partial charge in [0.15, 0.2) is 17.3 Å². The van der Waals surface area contributed by atoms with Gasteiger partial charge in [-0.3, -0.25) is 4.79 Å². The summed E-state index contributed by atoms with van der Waals surface area (Å²) in [5, 5.41) is 5.70. The number of nitrogens with one attached hydrogen (secondary N) is 2. The van der Waals surface area contributed by atoms with Gasteiger partial charge in [0, 0.05) is 11.3 Å². The number of hydrogen-bond donors (Lipinski definition) is 2. The number of anilines is 1. The lowest BCUT2D eigenvalue weighted by Gasteiger charge is -2.27.